The van der Waals surface area contributed by atoms with Gasteiger partial charge in [0.15, 0.2) is 5.65 Å². The first kappa shape index (κ1) is 30.0. The normalized spacial score (nSPS) is 16.5. The number of benzene rings is 1. The minimum absolute atomic E-state index is 0.0667. The summed E-state index contributed by atoms with van der Waals surface area (Å²) in [4.78, 5) is 36.3. The highest BCUT2D eigenvalue weighted by Crippen LogP contribution is 2.38. The fourth-order valence-corrected chi connectivity index (χ4v) is 6.43. The number of likely N-dealkylation sites (tertiary alicyclic amines) is 2. The summed E-state index contributed by atoms with van der Waals surface area (Å²) in [6.45, 7) is 0.465. The molecule has 5 heterocycles. The molecule has 4 aromatic rings. The zero-order valence-corrected chi connectivity index (χ0v) is 25.2. The smallest absolute Gasteiger partial charge is 0.387 e. The van der Waals surface area contributed by atoms with Gasteiger partial charge in [0.25, 0.3) is 5.91 Å². The molecule has 0 spiro atoms. The summed E-state index contributed by atoms with van der Waals surface area (Å²) >= 11 is 1.42. The van der Waals surface area contributed by atoms with Crippen LogP contribution in [0.5, 0.6) is 5.75 Å². The minimum Gasteiger partial charge on any atom is -0.434 e. The Morgan fingerprint density at radius 3 is 2.68 bits per heavy atom. The standard InChI is InChI=1S/C30H34F2N8O3S/c1-44-21-6-7-25(43-30(31)32)22(16-21)27-24(35-29(42)23-17-34-40-13-5-10-33-28(23)40)18-39(36-27)19-26(41)38-14-8-20(9-15-38)37-11-3-2-4-12-37/h5-7,10,13,16-18,20,30H,2-4,8-9,11-12,14-15,19H2,1H3,(H,35,42). The van der Waals surface area contributed by atoms with Gasteiger partial charge < -0.3 is 19.9 Å². The molecule has 0 saturated carbocycles. The second-order valence-corrected chi connectivity index (χ2v) is 11.8. The Kier molecular flexibility index (Phi) is 9.07. The third kappa shape index (κ3) is 6.55. The summed E-state index contributed by atoms with van der Waals surface area (Å²) in [5, 5.41) is 11.6. The van der Waals surface area contributed by atoms with Crippen molar-refractivity contribution in [3.05, 3.63) is 54.6 Å². The summed E-state index contributed by atoms with van der Waals surface area (Å²) < 4.78 is 34.5. The van der Waals surface area contributed by atoms with Crippen molar-refractivity contribution < 1.29 is 23.1 Å². The number of thioether (sulfide) groups is 1. The molecule has 232 valence electrons. The first-order chi connectivity index (χ1) is 21.4. The van der Waals surface area contributed by atoms with E-state index in [1.807, 2.05) is 11.2 Å². The Labute approximate surface area is 257 Å². The van der Waals surface area contributed by atoms with Crippen LogP contribution in [-0.4, -0.2) is 91.1 Å². The first-order valence-corrected chi connectivity index (χ1v) is 15.9. The molecular formula is C30H34F2N8O3S. The molecule has 2 saturated heterocycles. The van der Waals surface area contributed by atoms with E-state index in [4.69, 9.17) is 4.74 Å². The molecule has 0 bridgehead atoms. The number of anilines is 1. The lowest BCUT2D eigenvalue weighted by Crippen LogP contribution is -2.48. The SMILES string of the molecule is CSc1ccc(OC(F)F)c(-c2nn(CC(=O)N3CCC(N4CCCCC4)CC3)cc2NC(=O)c2cnn3cccnc23)c1. The molecule has 2 aliphatic heterocycles. The number of halogens is 2. The second-order valence-electron chi connectivity index (χ2n) is 10.9. The third-order valence-electron chi connectivity index (χ3n) is 8.21. The lowest BCUT2D eigenvalue weighted by atomic mass is 10.00. The summed E-state index contributed by atoms with van der Waals surface area (Å²) in [7, 11) is 0. The van der Waals surface area contributed by atoms with Gasteiger partial charge in [-0.15, -0.1) is 11.8 Å². The molecule has 0 radical (unpaired) electrons. The van der Waals surface area contributed by atoms with Gasteiger partial charge in [-0.25, -0.2) is 9.50 Å². The molecule has 11 nitrogen and oxygen atoms in total. The van der Waals surface area contributed by atoms with Crippen LogP contribution < -0.4 is 10.1 Å². The number of fused-ring (bicyclic) bond motifs is 1. The van der Waals surface area contributed by atoms with Gasteiger partial charge >= 0.3 is 6.61 Å². The van der Waals surface area contributed by atoms with Gasteiger partial charge in [0.2, 0.25) is 5.91 Å². The van der Waals surface area contributed by atoms with Gasteiger partial charge in [0.1, 0.15) is 23.6 Å². The molecule has 14 heteroatoms. The number of nitrogens with zero attached hydrogens (tertiary/aromatic N) is 7. The molecular weight excluding hydrogens is 590 g/mol. The average molecular weight is 625 g/mol. The molecule has 0 aliphatic carbocycles. The molecule has 2 fully saturated rings. The molecule has 44 heavy (non-hydrogen) atoms. The quantitative estimate of drug-likeness (QED) is 0.268. The fraction of sp³-hybridized carbons (Fsp3) is 0.433. The van der Waals surface area contributed by atoms with Gasteiger partial charge in [-0.3, -0.25) is 14.3 Å². The van der Waals surface area contributed by atoms with Crippen LogP contribution in [0.3, 0.4) is 0 Å². The van der Waals surface area contributed by atoms with Crippen LogP contribution in [0, 0.1) is 0 Å². The number of piperidine rings is 2. The molecule has 2 aliphatic rings. The maximum atomic E-state index is 13.4. The fourth-order valence-electron chi connectivity index (χ4n) is 5.99. The van der Waals surface area contributed by atoms with E-state index in [2.05, 4.69) is 25.4 Å². The van der Waals surface area contributed by atoms with E-state index >= 15 is 0 Å². The average Bonchev–Trinajstić information content (AvgIpc) is 3.65. The van der Waals surface area contributed by atoms with Crippen molar-refractivity contribution in [1.82, 2.24) is 34.2 Å². The minimum atomic E-state index is -3.06. The Hall–Kier alpha value is -4.04. The van der Waals surface area contributed by atoms with Crippen molar-refractivity contribution in [2.75, 3.05) is 37.8 Å². The summed E-state index contributed by atoms with van der Waals surface area (Å²) in [5.74, 6) is -0.701. The molecule has 3 aromatic heterocycles. The van der Waals surface area contributed by atoms with Gasteiger partial charge in [0.05, 0.1) is 11.9 Å². The van der Waals surface area contributed by atoms with Crippen molar-refractivity contribution in [3.63, 3.8) is 0 Å². The highest BCUT2D eigenvalue weighted by atomic mass is 32.2. The van der Waals surface area contributed by atoms with Crippen LogP contribution in [0.4, 0.5) is 14.5 Å². The van der Waals surface area contributed by atoms with Crippen LogP contribution in [0.2, 0.25) is 0 Å². The topological polar surface area (TPSA) is 110 Å². The number of nitrogens with one attached hydrogen (secondary N) is 1. The Balaban J connectivity index is 1.26. The maximum absolute atomic E-state index is 13.4. The number of carbonyl (C=O) groups excluding carboxylic acids is 2. The number of aromatic nitrogens is 5. The molecule has 2 amide bonds. The van der Waals surface area contributed by atoms with Crippen molar-refractivity contribution in [3.8, 4) is 17.0 Å². The molecule has 0 unspecified atom stereocenters. The largest absolute Gasteiger partial charge is 0.434 e. The monoisotopic (exact) mass is 624 g/mol. The van der Waals surface area contributed by atoms with Crippen molar-refractivity contribution in [2.24, 2.45) is 0 Å². The first-order valence-electron chi connectivity index (χ1n) is 14.7. The number of rotatable bonds is 9. The number of ether oxygens (including phenoxy) is 1. The summed E-state index contributed by atoms with van der Waals surface area (Å²) in [6, 6.07) is 6.99. The van der Waals surface area contributed by atoms with Gasteiger partial charge in [-0.05, 0) is 69.3 Å². The lowest BCUT2D eigenvalue weighted by molar-refractivity contribution is -0.133. The molecule has 1 aromatic carbocycles. The molecule has 6 rings (SSSR count). The van der Waals surface area contributed by atoms with Crippen molar-refractivity contribution in [2.45, 2.75) is 56.2 Å². The molecule has 0 atom stereocenters. The van der Waals surface area contributed by atoms with Gasteiger partial charge in [-0.1, -0.05) is 6.42 Å². The van der Waals surface area contributed by atoms with E-state index in [1.165, 1.54) is 52.5 Å². The second kappa shape index (κ2) is 13.3. The predicted molar refractivity (Wildman–Crippen MR) is 162 cm³/mol. The highest BCUT2D eigenvalue weighted by Gasteiger charge is 2.29. The number of amides is 2. The summed E-state index contributed by atoms with van der Waals surface area (Å²) in [6.07, 6.45) is 13.7. The number of carbonyl (C=O) groups is 2. The Bertz CT molecular complexity index is 1630. The highest BCUT2D eigenvalue weighted by molar-refractivity contribution is 7.98. The van der Waals surface area contributed by atoms with E-state index in [-0.39, 0.29) is 40.7 Å². The lowest BCUT2D eigenvalue weighted by Gasteiger charge is -2.40. The van der Waals surface area contributed by atoms with E-state index in [0.717, 1.165) is 30.8 Å². The Morgan fingerprint density at radius 2 is 1.93 bits per heavy atom. The number of alkyl halides is 2. The van der Waals surface area contributed by atoms with E-state index < -0.39 is 12.5 Å². The number of hydrogen-bond acceptors (Lipinski definition) is 8. The Morgan fingerprint density at radius 1 is 1.14 bits per heavy atom. The van der Waals surface area contributed by atoms with Crippen LogP contribution in [0.15, 0.2) is 53.9 Å². The van der Waals surface area contributed by atoms with Crippen molar-refractivity contribution >= 4 is 34.9 Å². The van der Waals surface area contributed by atoms with Gasteiger partial charge in [-0.2, -0.15) is 19.0 Å². The number of hydrogen-bond donors (Lipinski definition) is 1. The maximum Gasteiger partial charge on any atom is 0.387 e. The molecule has 1 N–H and O–H groups in total. The predicted octanol–water partition coefficient (Wildman–Crippen LogP) is 4.65. The van der Waals surface area contributed by atoms with E-state index in [0.29, 0.717) is 24.8 Å². The van der Waals surface area contributed by atoms with Crippen molar-refractivity contribution in [1.29, 1.82) is 0 Å². The van der Waals surface area contributed by atoms with Crippen LogP contribution in [0.1, 0.15) is 42.5 Å². The summed E-state index contributed by atoms with van der Waals surface area (Å²) in [5.41, 5.74) is 1.27. The zero-order chi connectivity index (χ0) is 30.6. The van der Waals surface area contributed by atoms with E-state index in [9.17, 15) is 18.4 Å². The van der Waals surface area contributed by atoms with E-state index in [1.54, 1.807) is 36.8 Å². The van der Waals surface area contributed by atoms with Gasteiger partial charge in [0, 0.05) is 48.2 Å². The zero-order valence-electron chi connectivity index (χ0n) is 24.4. The van der Waals surface area contributed by atoms with Crippen LogP contribution >= 0.6 is 11.8 Å². The van der Waals surface area contributed by atoms with Crippen LogP contribution in [0.25, 0.3) is 16.9 Å². The third-order valence-corrected chi connectivity index (χ3v) is 8.94. The van der Waals surface area contributed by atoms with Crippen LogP contribution in [-0.2, 0) is 11.3 Å².